The lowest BCUT2D eigenvalue weighted by atomic mass is 10.1. The van der Waals surface area contributed by atoms with Crippen LogP contribution in [-0.2, 0) is 6.54 Å². The van der Waals surface area contributed by atoms with Crippen LogP contribution >= 0.6 is 11.3 Å². The zero-order valence-corrected chi connectivity index (χ0v) is 11.3. The van der Waals surface area contributed by atoms with E-state index in [9.17, 15) is 0 Å². The smallest absolute Gasteiger partial charge is 0.0205 e. The number of nitrogens with one attached hydrogen (secondary N) is 1. The van der Waals surface area contributed by atoms with Crippen LogP contribution in [0.25, 0.3) is 11.1 Å². The lowest BCUT2D eigenvalue weighted by Crippen LogP contribution is -2.13. The van der Waals surface area contributed by atoms with Gasteiger partial charge in [0.2, 0.25) is 0 Å². The van der Waals surface area contributed by atoms with Gasteiger partial charge in [0.15, 0.2) is 0 Å². The monoisotopic (exact) mass is 245 g/mol. The first kappa shape index (κ1) is 12.3. The number of hydrogen-bond donors (Lipinski definition) is 1. The second-order valence-electron chi connectivity index (χ2n) is 4.26. The number of thiophene rings is 1. The van der Waals surface area contributed by atoms with Crippen molar-refractivity contribution < 1.29 is 0 Å². The van der Waals surface area contributed by atoms with Crippen LogP contribution in [0.1, 0.15) is 23.8 Å². The zero-order valence-electron chi connectivity index (χ0n) is 10.5. The minimum absolute atomic E-state index is 0.969. The highest BCUT2D eigenvalue weighted by Gasteiger charge is 2.02. The van der Waals surface area contributed by atoms with E-state index in [1.807, 2.05) is 11.3 Å². The van der Waals surface area contributed by atoms with E-state index in [-0.39, 0.29) is 0 Å². The first-order chi connectivity index (χ1) is 8.31. The number of aryl methyl sites for hydroxylation is 1. The molecule has 1 aromatic carbocycles. The minimum atomic E-state index is 0.969. The number of hydrogen-bond acceptors (Lipinski definition) is 2. The normalized spacial score (nSPS) is 10.7. The molecule has 17 heavy (non-hydrogen) atoms. The van der Waals surface area contributed by atoms with Gasteiger partial charge in [-0.1, -0.05) is 31.2 Å². The van der Waals surface area contributed by atoms with Crippen molar-refractivity contribution in [3.63, 3.8) is 0 Å². The summed E-state index contributed by atoms with van der Waals surface area (Å²) in [4.78, 5) is 1.39. The molecule has 0 saturated heterocycles. The molecule has 2 aromatic rings. The Kier molecular flexibility index (Phi) is 4.35. The summed E-state index contributed by atoms with van der Waals surface area (Å²) in [6, 6.07) is 11.1. The van der Waals surface area contributed by atoms with E-state index >= 15 is 0 Å². The molecule has 0 fully saturated rings. The summed E-state index contributed by atoms with van der Waals surface area (Å²) in [5.41, 5.74) is 4.04. The highest BCUT2D eigenvalue weighted by atomic mass is 32.1. The summed E-state index contributed by atoms with van der Waals surface area (Å²) < 4.78 is 0. The van der Waals surface area contributed by atoms with E-state index < -0.39 is 0 Å². The van der Waals surface area contributed by atoms with Crippen LogP contribution in [0.2, 0.25) is 0 Å². The second kappa shape index (κ2) is 5.99. The van der Waals surface area contributed by atoms with E-state index in [1.165, 1.54) is 28.0 Å². The summed E-state index contributed by atoms with van der Waals surface area (Å²) in [5.74, 6) is 0. The third kappa shape index (κ3) is 3.18. The molecule has 0 saturated carbocycles. The van der Waals surface area contributed by atoms with Crippen molar-refractivity contribution in [3.05, 3.63) is 46.2 Å². The summed E-state index contributed by atoms with van der Waals surface area (Å²) >= 11 is 1.81. The van der Waals surface area contributed by atoms with E-state index in [4.69, 9.17) is 0 Å². The molecular formula is C15H19NS. The Morgan fingerprint density at radius 2 is 1.88 bits per heavy atom. The molecule has 90 valence electrons. The van der Waals surface area contributed by atoms with E-state index in [0.29, 0.717) is 0 Å². The zero-order chi connectivity index (χ0) is 12.1. The van der Waals surface area contributed by atoms with Gasteiger partial charge in [0.1, 0.15) is 0 Å². The third-order valence-electron chi connectivity index (χ3n) is 2.88. The molecule has 1 heterocycles. The van der Waals surface area contributed by atoms with E-state index in [2.05, 4.69) is 54.9 Å². The largest absolute Gasteiger partial charge is 0.313 e. The molecule has 1 nitrogen and oxygen atoms in total. The Hall–Kier alpha value is -1.12. The van der Waals surface area contributed by atoms with Crippen LogP contribution in [-0.4, -0.2) is 6.54 Å². The summed E-state index contributed by atoms with van der Waals surface area (Å²) in [6.45, 7) is 6.42. The maximum Gasteiger partial charge on any atom is 0.0205 e. The fourth-order valence-corrected chi connectivity index (χ4v) is 2.62. The molecular weight excluding hydrogens is 226 g/mol. The third-order valence-corrected chi connectivity index (χ3v) is 3.73. The van der Waals surface area contributed by atoms with Crippen LogP contribution in [0.15, 0.2) is 35.7 Å². The SMILES string of the molecule is CCCNCc1ccc(-c2ccsc2C)cc1. The predicted molar refractivity (Wildman–Crippen MR) is 76.5 cm³/mol. The molecule has 0 atom stereocenters. The molecule has 0 bridgehead atoms. The van der Waals surface area contributed by atoms with Crippen LogP contribution in [0.3, 0.4) is 0 Å². The van der Waals surface area contributed by atoms with E-state index in [0.717, 1.165) is 13.1 Å². The molecule has 0 radical (unpaired) electrons. The van der Waals surface area contributed by atoms with Gasteiger partial charge in [-0.2, -0.15) is 0 Å². The molecule has 0 aliphatic rings. The minimum Gasteiger partial charge on any atom is -0.313 e. The Morgan fingerprint density at radius 3 is 2.47 bits per heavy atom. The summed E-state index contributed by atoms with van der Waals surface area (Å²) in [7, 11) is 0. The van der Waals surface area contributed by atoms with Gasteiger partial charge in [-0.05, 0) is 48.0 Å². The second-order valence-corrected chi connectivity index (χ2v) is 5.38. The van der Waals surface area contributed by atoms with Gasteiger partial charge in [0.05, 0.1) is 0 Å². The molecule has 0 aliphatic heterocycles. The van der Waals surface area contributed by atoms with Crippen molar-refractivity contribution in [2.24, 2.45) is 0 Å². The van der Waals surface area contributed by atoms with Crippen LogP contribution in [0, 0.1) is 6.92 Å². The average Bonchev–Trinajstić information content (AvgIpc) is 2.77. The fourth-order valence-electron chi connectivity index (χ4n) is 1.90. The topological polar surface area (TPSA) is 12.0 Å². The molecule has 1 N–H and O–H groups in total. The maximum atomic E-state index is 3.42. The van der Waals surface area contributed by atoms with Gasteiger partial charge in [-0.3, -0.25) is 0 Å². The van der Waals surface area contributed by atoms with Crippen molar-refractivity contribution >= 4 is 11.3 Å². The van der Waals surface area contributed by atoms with Crippen molar-refractivity contribution in [2.75, 3.05) is 6.54 Å². The van der Waals surface area contributed by atoms with Crippen LogP contribution in [0.4, 0.5) is 0 Å². The lowest BCUT2D eigenvalue weighted by molar-refractivity contribution is 0.675. The predicted octanol–water partition coefficient (Wildman–Crippen LogP) is 4.22. The van der Waals surface area contributed by atoms with E-state index in [1.54, 1.807) is 0 Å². The van der Waals surface area contributed by atoms with Gasteiger partial charge in [0, 0.05) is 11.4 Å². The summed E-state index contributed by atoms with van der Waals surface area (Å²) in [5, 5.41) is 5.57. The number of rotatable bonds is 5. The van der Waals surface area contributed by atoms with Gasteiger partial charge in [-0.15, -0.1) is 11.3 Å². The Labute approximate surface area is 108 Å². The molecule has 0 spiro atoms. The maximum absolute atomic E-state index is 3.42. The van der Waals surface area contributed by atoms with Crippen molar-refractivity contribution in [1.82, 2.24) is 5.32 Å². The first-order valence-corrected chi connectivity index (χ1v) is 7.03. The highest BCUT2D eigenvalue weighted by molar-refractivity contribution is 7.10. The standard InChI is InChI=1S/C15H19NS/c1-3-9-16-11-13-4-6-14(7-5-13)15-8-10-17-12(15)2/h4-8,10,16H,3,9,11H2,1-2H3. The molecule has 2 heteroatoms. The van der Waals surface area contributed by atoms with Crippen molar-refractivity contribution in [1.29, 1.82) is 0 Å². The first-order valence-electron chi connectivity index (χ1n) is 6.15. The highest BCUT2D eigenvalue weighted by Crippen LogP contribution is 2.27. The molecule has 1 aromatic heterocycles. The lowest BCUT2D eigenvalue weighted by Gasteiger charge is -2.05. The fraction of sp³-hybridized carbons (Fsp3) is 0.333. The van der Waals surface area contributed by atoms with Gasteiger partial charge < -0.3 is 5.32 Å². The van der Waals surface area contributed by atoms with Crippen LogP contribution in [0.5, 0.6) is 0 Å². The molecule has 2 rings (SSSR count). The molecule has 0 aliphatic carbocycles. The van der Waals surface area contributed by atoms with Gasteiger partial charge in [0.25, 0.3) is 0 Å². The van der Waals surface area contributed by atoms with Crippen molar-refractivity contribution in [3.8, 4) is 11.1 Å². The van der Waals surface area contributed by atoms with Gasteiger partial charge >= 0.3 is 0 Å². The molecule has 0 unspecified atom stereocenters. The molecule has 0 amide bonds. The van der Waals surface area contributed by atoms with Crippen molar-refractivity contribution in [2.45, 2.75) is 26.8 Å². The van der Waals surface area contributed by atoms with Gasteiger partial charge in [-0.25, -0.2) is 0 Å². The quantitative estimate of drug-likeness (QED) is 0.778. The Bertz CT molecular complexity index is 456. The van der Waals surface area contributed by atoms with Crippen LogP contribution < -0.4 is 5.32 Å². The average molecular weight is 245 g/mol. The number of benzene rings is 1. The Balaban J connectivity index is 2.06. The summed E-state index contributed by atoms with van der Waals surface area (Å²) in [6.07, 6.45) is 1.19. The Morgan fingerprint density at radius 1 is 1.12 bits per heavy atom.